The van der Waals surface area contributed by atoms with Gasteiger partial charge in [0.05, 0.1) is 27.1 Å². The predicted molar refractivity (Wildman–Crippen MR) is 106 cm³/mol. The number of fused-ring (bicyclic) bond motifs is 2. The fraction of sp³-hybridized carbons (Fsp3) is 0.263. The van der Waals surface area contributed by atoms with Gasteiger partial charge in [0.2, 0.25) is 15.9 Å². The van der Waals surface area contributed by atoms with Crippen molar-refractivity contribution in [3.8, 4) is 0 Å². The van der Waals surface area contributed by atoms with Gasteiger partial charge in [-0.05, 0) is 49.7 Å². The third kappa shape index (κ3) is 2.93. The molecule has 0 saturated heterocycles. The summed E-state index contributed by atoms with van der Waals surface area (Å²) in [5.74, 6) is -0.474. The number of sulfonamides is 1. The minimum Gasteiger partial charge on any atom is -0.325 e. The van der Waals surface area contributed by atoms with Gasteiger partial charge < -0.3 is 5.32 Å². The van der Waals surface area contributed by atoms with Crippen LogP contribution in [0.25, 0.3) is 10.2 Å². The first-order valence-corrected chi connectivity index (χ1v) is 10.8. The van der Waals surface area contributed by atoms with Crippen molar-refractivity contribution in [2.75, 3.05) is 12.4 Å². The van der Waals surface area contributed by atoms with Gasteiger partial charge in [-0.15, -0.1) is 11.3 Å². The van der Waals surface area contributed by atoms with E-state index in [9.17, 15) is 13.2 Å². The first-order chi connectivity index (χ1) is 12.8. The lowest BCUT2D eigenvalue weighted by Gasteiger charge is -2.23. The monoisotopic (exact) mass is 401 g/mol. The van der Waals surface area contributed by atoms with Gasteiger partial charge in [0.25, 0.3) is 0 Å². The van der Waals surface area contributed by atoms with Gasteiger partial charge in [-0.2, -0.15) is 4.31 Å². The normalized spacial score (nSPS) is 17.9. The Labute approximate surface area is 161 Å². The van der Waals surface area contributed by atoms with E-state index in [0.717, 1.165) is 15.2 Å². The van der Waals surface area contributed by atoms with Crippen molar-refractivity contribution in [2.45, 2.75) is 30.7 Å². The highest BCUT2D eigenvalue weighted by Gasteiger charge is 2.32. The van der Waals surface area contributed by atoms with Crippen molar-refractivity contribution in [2.24, 2.45) is 0 Å². The van der Waals surface area contributed by atoms with E-state index in [-0.39, 0.29) is 16.7 Å². The maximum atomic E-state index is 13.1. The van der Waals surface area contributed by atoms with E-state index in [1.54, 1.807) is 26.1 Å². The number of rotatable bonds is 4. The number of hydrogen-bond acceptors (Lipinski definition) is 5. The van der Waals surface area contributed by atoms with E-state index in [2.05, 4.69) is 10.3 Å². The molecule has 0 fully saturated rings. The number of para-hydroxylation sites is 1. The summed E-state index contributed by atoms with van der Waals surface area (Å²) in [7, 11) is -2.16. The van der Waals surface area contributed by atoms with Crippen molar-refractivity contribution in [1.82, 2.24) is 9.29 Å². The third-order valence-electron chi connectivity index (χ3n) is 5.03. The van der Waals surface area contributed by atoms with Crippen LogP contribution in [-0.2, 0) is 14.8 Å². The molecule has 2 atom stereocenters. The van der Waals surface area contributed by atoms with Crippen LogP contribution in [0, 0.1) is 0 Å². The third-order valence-corrected chi connectivity index (χ3v) is 8.16. The number of thiazole rings is 1. The molecule has 0 unspecified atom stereocenters. The van der Waals surface area contributed by atoms with Gasteiger partial charge in [0.15, 0.2) is 0 Å². The predicted octanol–water partition coefficient (Wildman–Crippen LogP) is 3.73. The summed E-state index contributed by atoms with van der Waals surface area (Å²) < 4.78 is 28.7. The molecule has 8 heteroatoms. The van der Waals surface area contributed by atoms with E-state index < -0.39 is 16.1 Å². The highest BCUT2D eigenvalue weighted by Crippen LogP contribution is 2.36. The fourth-order valence-corrected chi connectivity index (χ4v) is 5.65. The highest BCUT2D eigenvalue weighted by atomic mass is 32.2. The lowest BCUT2D eigenvalue weighted by Crippen LogP contribution is -2.29. The molecule has 1 aliphatic rings. The smallest absolute Gasteiger partial charge is 0.243 e. The van der Waals surface area contributed by atoms with Crippen LogP contribution in [0.15, 0.2) is 47.4 Å². The quantitative estimate of drug-likeness (QED) is 0.722. The van der Waals surface area contributed by atoms with Gasteiger partial charge in [-0.1, -0.05) is 12.1 Å². The van der Waals surface area contributed by atoms with Gasteiger partial charge in [0, 0.05) is 12.7 Å². The summed E-state index contributed by atoms with van der Waals surface area (Å²) in [4.78, 5) is 16.6. The summed E-state index contributed by atoms with van der Waals surface area (Å²) in [6.07, 6.45) is 0. The Bertz CT molecular complexity index is 1120. The van der Waals surface area contributed by atoms with Crippen molar-refractivity contribution < 1.29 is 13.2 Å². The van der Waals surface area contributed by atoms with Crippen molar-refractivity contribution in [3.63, 3.8) is 0 Å². The molecule has 27 heavy (non-hydrogen) atoms. The van der Waals surface area contributed by atoms with Crippen LogP contribution < -0.4 is 5.32 Å². The molecule has 1 aliphatic heterocycles. The highest BCUT2D eigenvalue weighted by molar-refractivity contribution is 7.89. The summed E-state index contributed by atoms with van der Waals surface area (Å²) in [6, 6.07) is 12.1. The SMILES string of the molecule is C[C@@H]1C(=O)Nc2ccc(S(=O)(=O)N(C)[C@@H](C)c3nc4ccccc4s3)cc21. The number of carbonyl (C=O) groups excluding carboxylic acids is 1. The topological polar surface area (TPSA) is 79.4 Å². The number of nitrogens with zero attached hydrogens (tertiary/aromatic N) is 2. The first kappa shape index (κ1) is 18.1. The van der Waals surface area contributed by atoms with Gasteiger partial charge in [0.1, 0.15) is 5.01 Å². The van der Waals surface area contributed by atoms with E-state index in [1.165, 1.54) is 21.7 Å². The van der Waals surface area contributed by atoms with E-state index in [1.807, 2.05) is 31.2 Å². The molecular weight excluding hydrogens is 382 g/mol. The van der Waals surface area contributed by atoms with E-state index in [0.29, 0.717) is 11.3 Å². The minimum atomic E-state index is -3.73. The molecule has 2 heterocycles. The molecule has 1 N–H and O–H groups in total. The lowest BCUT2D eigenvalue weighted by molar-refractivity contribution is -0.116. The number of nitrogens with one attached hydrogen (secondary N) is 1. The average molecular weight is 402 g/mol. The standard InChI is InChI=1S/C19H19N3O3S2/c1-11-14-10-13(8-9-15(14)20-18(11)23)27(24,25)22(3)12(2)19-21-16-6-4-5-7-17(16)26-19/h4-12H,1-3H3,(H,20,23)/t11-,12-/m0/s1. The molecular formula is C19H19N3O3S2. The maximum absolute atomic E-state index is 13.1. The number of anilines is 1. The van der Waals surface area contributed by atoms with Gasteiger partial charge in [-0.25, -0.2) is 13.4 Å². The molecule has 0 aliphatic carbocycles. The maximum Gasteiger partial charge on any atom is 0.243 e. The van der Waals surface area contributed by atoms with Crippen LogP contribution >= 0.6 is 11.3 Å². The molecule has 0 spiro atoms. The van der Waals surface area contributed by atoms with Crippen LogP contribution in [0.5, 0.6) is 0 Å². The second-order valence-electron chi connectivity index (χ2n) is 6.68. The van der Waals surface area contributed by atoms with Crippen molar-refractivity contribution in [3.05, 3.63) is 53.0 Å². The Balaban J connectivity index is 1.68. The summed E-state index contributed by atoms with van der Waals surface area (Å²) in [5, 5.41) is 3.51. The van der Waals surface area contributed by atoms with E-state index >= 15 is 0 Å². The zero-order valence-corrected chi connectivity index (χ0v) is 16.8. The van der Waals surface area contributed by atoms with Crippen LogP contribution in [0.4, 0.5) is 5.69 Å². The molecule has 1 amide bonds. The van der Waals surface area contributed by atoms with Gasteiger partial charge >= 0.3 is 0 Å². The Morgan fingerprint density at radius 3 is 2.70 bits per heavy atom. The Hall–Kier alpha value is -2.29. The molecule has 0 saturated carbocycles. The molecule has 140 valence electrons. The molecule has 0 radical (unpaired) electrons. The molecule has 2 aromatic carbocycles. The van der Waals surface area contributed by atoms with Crippen molar-refractivity contribution in [1.29, 1.82) is 0 Å². The Kier molecular flexibility index (Phi) is 4.29. The number of aromatic nitrogens is 1. The van der Waals surface area contributed by atoms with Crippen LogP contribution in [-0.4, -0.2) is 30.7 Å². The summed E-state index contributed by atoms with van der Waals surface area (Å²) in [6.45, 7) is 3.60. The average Bonchev–Trinajstić information content (AvgIpc) is 3.21. The molecule has 0 bridgehead atoms. The number of hydrogen-bond donors (Lipinski definition) is 1. The number of benzene rings is 2. The molecule has 3 aromatic rings. The number of amides is 1. The zero-order valence-electron chi connectivity index (χ0n) is 15.1. The van der Waals surface area contributed by atoms with Gasteiger partial charge in [-0.3, -0.25) is 4.79 Å². The number of carbonyl (C=O) groups is 1. The molecule has 6 nitrogen and oxygen atoms in total. The summed E-state index contributed by atoms with van der Waals surface area (Å²) in [5.41, 5.74) is 2.25. The van der Waals surface area contributed by atoms with Crippen LogP contribution in [0.3, 0.4) is 0 Å². The molecule has 1 aromatic heterocycles. The van der Waals surface area contributed by atoms with Crippen LogP contribution in [0.1, 0.15) is 36.4 Å². The minimum absolute atomic E-state index is 0.115. The molecule has 4 rings (SSSR count). The second-order valence-corrected chi connectivity index (χ2v) is 9.74. The lowest BCUT2D eigenvalue weighted by atomic mass is 10.0. The fourth-order valence-electron chi connectivity index (χ4n) is 3.15. The Morgan fingerprint density at radius 2 is 1.96 bits per heavy atom. The second kappa shape index (κ2) is 6.40. The summed E-state index contributed by atoms with van der Waals surface area (Å²) >= 11 is 1.49. The zero-order chi connectivity index (χ0) is 19.3. The van der Waals surface area contributed by atoms with E-state index in [4.69, 9.17) is 0 Å². The van der Waals surface area contributed by atoms with Crippen LogP contribution in [0.2, 0.25) is 0 Å². The largest absolute Gasteiger partial charge is 0.325 e. The first-order valence-electron chi connectivity index (χ1n) is 8.57. The van der Waals surface area contributed by atoms with Crippen molar-refractivity contribution >= 4 is 43.2 Å². The Morgan fingerprint density at radius 1 is 1.22 bits per heavy atom.